The molecule has 0 saturated carbocycles. The SMILES string of the molecule is CC(CCCC(=O)NCc1ccc(C(=O)O)o1)NC(=O)OCC1c2ccccc2-c2ccccc21. The monoisotopic (exact) mass is 476 g/mol. The van der Waals surface area contributed by atoms with Gasteiger partial charge in [-0.25, -0.2) is 9.59 Å². The van der Waals surface area contributed by atoms with Crippen LogP contribution in [0.2, 0.25) is 0 Å². The lowest BCUT2D eigenvalue weighted by Gasteiger charge is -2.17. The first kappa shape index (κ1) is 24.1. The predicted molar refractivity (Wildman–Crippen MR) is 129 cm³/mol. The molecule has 3 aromatic rings. The van der Waals surface area contributed by atoms with E-state index in [1.165, 1.54) is 23.3 Å². The van der Waals surface area contributed by atoms with Crippen LogP contribution in [0.3, 0.4) is 0 Å². The Hall–Kier alpha value is -4.07. The largest absolute Gasteiger partial charge is 0.475 e. The summed E-state index contributed by atoms with van der Waals surface area (Å²) in [6, 6.07) is 19.1. The van der Waals surface area contributed by atoms with Crippen LogP contribution >= 0.6 is 0 Å². The molecule has 1 heterocycles. The number of furan rings is 1. The lowest BCUT2D eigenvalue weighted by Crippen LogP contribution is -2.34. The number of ether oxygens (including phenoxy) is 1. The third kappa shape index (κ3) is 5.90. The van der Waals surface area contributed by atoms with Crippen molar-refractivity contribution in [2.75, 3.05) is 6.61 Å². The maximum atomic E-state index is 12.4. The molecular formula is C27H28N2O6. The number of hydrogen-bond acceptors (Lipinski definition) is 5. The van der Waals surface area contributed by atoms with Crippen LogP contribution in [-0.4, -0.2) is 35.7 Å². The van der Waals surface area contributed by atoms with E-state index in [-0.39, 0.29) is 43.2 Å². The van der Waals surface area contributed by atoms with Crippen LogP contribution < -0.4 is 10.6 Å². The van der Waals surface area contributed by atoms with Gasteiger partial charge in [-0.3, -0.25) is 4.79 Å². The van der Waals surface area contributed by atoms with Crippen molar-refractivity contribution < 1.29 is 28.6 Å². The zero-order valence-electron chi connectivity index (χ0n) is 19.5. The van der Waals surface area contributed by atoms with Gasteiger partial charge in [0.15, 0.2) is 0 Å². The van der Waals surface area contributed by atoms with Crippen LogP contribution in [0.4, 0.5) is 4.79 Å². The maximum Gasteiger partial charge on any atom is 0.407 e. The van der Waals surface area contributed by atoms with E-state index in [9.17, 15) is 14.4 Å². The Morgan fingerprint density at radius 3 is 2.29 bits per heavy atom. The molecule has 1 aromatic heterocycles. The summed E-state index contributed by atoms with van der Waals surface area (Å²) in [5.41, 5.74) is 4.68. The van der Waals surface area contributed by atoms with Gasteiger partial charge in [-0.2, -0.15) is 0 Å². The fourth-order valence-corrected chi connectivity index (χ4v) is 4.34. The molecule has 35 heavy (non-hydrogen) atoms. The average Bonchev–Trinajstić information content (AvgIpc) is 3.45. The number of carboxylic acid groups (broad SMARTS) is 1. The number of alkyl carbamates (subject to hydrolysis) is 1. The minimum atomic E-state index is -1.15. The van der Waals surface area contributed by atoms with E-state index in [2.05, 4.69) is 34.9 Å². The number of rotatable bonds is 10. The van der Waals surface area contributed by atoms with E-state index in [4.69, 9.17) is 14.3 Å². The summed E-state index contributed by atoms with van der Waals surface area (Å²) >= 11 is 0. The van der Waals surface area contributed by atoms with Crippen molar-refractivity contribution in [1.82, 2.24) is 10.6 Å². The summed E-state index contributed by atoms with van der Waals surface area (Å²) in [4.78, 5) is 35.2. The van der Waals surface area contributed by atoms with E-state index < -0.39 is 12.1 Å². The van der Waals surface area contributed by atoms with Gasteiger partial charge in [0.1, 0.15) is 12.4 Å². The van der Waals surface area contributed by atoms with E-state index in [1.54, 1.807) is 0 Å². The summed E-state index contributed by atoms with van der Waals surface area (Å²) in [5.74, 6) is -1.11. The second-order valence-corrected chi connectivity index (χ2v) is 8.61. The van der Waals surface area contributed by atoms with Gasteiger partial charge in [-0.1, -0.05) is 48.5 Å². The van der Waals surface area contributed by atoms with Gasteiger partial charge in [0.25, 0.3) is 0 Å². The van der Waals surface area contributed by atoms with Gasteiger partial charge < -0.3 is 24.9 Å². The van der Waals surface area contributed by atoms with Gasteiger partial charge in [0, 0.05) is 18.4 Å². The molecule has 0 spiro atoms. The first-order valence-electron chi connectivity index (χ1n) is 11.6. The number of carbonyl (C=O) groups excluding carboxylic acids is 2. The predicted octanol–water partition coefficient (Wildman–Crippen LogP) is 4.69. The lowest BCUT2D eigenvalue weighted by molar-refractivity contribution is -0.121. The van der Waals surface area contributed by atoms with Crippen molar-refractivity contribution in [2.45, 2.75) is 44.7 Å². The zero-order chi connectivity index (χ0) is 24.8. The van der Waals surface area contributed by atoms with Gasteiger partial charge in [0.2, 0.25) is 11.7 Å². The van der Waals surface area contributed by atoms with Crippen molar-refractivity contribution in [3.63, 3.8) is 0 Å². The van der Waals surface area contributed by atoms with Gasteiger partial charge in [-0.05, 0) is 54.2 Å². The van der Waals surface area contributed by atoms with Gasteiger partial charge >= 0.3 is 12.1 Å². The normalized spacial score (nSPS) is 12.9. The molecule has 0 aliphatic heterocycles. The van der Waals surface area contributed by atoms with Crippen molar-refractivity contribution >= 4 is 18.0 Å². The molecule has 1 aliphatic carbocycles. The van der Waals surface area contributed by atoms with Crippen LogP contribution in [0, 0.1) is 0 Å². The summed E-state index contributed by atoms with van der Waals surface area (Å²) < 4.78 is 10.7. The molecule has 2 aromatic carbocycles. The molecule has 0 radical (unpaired) electrons. The first-order chi connectivity index (χ1) is 16.9. The van der Waals surface area contributed by atoms with Crippen molar-refractivity contribution in [3.05, 3.63) is 83.3 Å². The highest BCUT2D eigenvalue weighted by Crippen LogP contribution is 2.44. The molecule has 0 saturated heterocycles. The number of carbonyl (C=O) groups is 3. The number of nitrogens with one attached hydrogen (secondary N) is 2. The number of hydrogen-bond donors (Lipinski definition) is 3. The molecular weight excluding hydrogens is 448 g/mol. The Morgan fingerprint density at radius 1 is 1.00 bits per heavy atom. The highest BCUT2D eigenvalue weighted by atomic mass is 16.5. The number of benzene rings is 2. The molecule has 1 atom stereocenters. The molecule has 3 N–H and O–H groups in total. The Labute approximate surface area is 203 Å². The number of aromatic carboxylic acids is 1. The quantitative estimate of drug-likeness (QED) is 0.391. The fourth-order valence-electron chi connectivity index (χ4n) is 4.34. The van der Waals surface area contributed by atoms with Crippen LogP contribution in [0.15, 0.2) is 65.1 Å². The van der Waals surface area contributed by atoms with Crippen LogP contribution in [0.25, 0.3) is 11.1 Å². The van der Waals surface area contributed by atoms with Crippen molar-refractivity contribution in [3.8, 4) is 11.1 Å². The molecule has 1 aliphatic rings. The molecule has 1 unspecified atom stereocenters. The Kier molecular flexibility index (Phi) is 7.50. The highest BCUT2D eigenvalue weighted by molar-refractivity contribution is 5.84. The number of fused-ring (bicyclic) bond motifs is 3. The van der Waals surface area contributed by atoms with Crippen molar-refractivity contribution in [2.24, 2.45) is 0 Å². The second kappa shape index (κ2) is 10.9. The topological polar surface area (TPSA) is 118 Å². The fraction of sp³-hybridized carbons (Fsp3) is 0.296. The summed E-state index contributed by atoms with van der Waals surface area (Å²) in [6.07, 6.45) is 0.996. The summed E-state index contributed by atoms with van der Waals surface area (Å²) in [6.45, 7) is 2.25. The van der Waals surface area contributed by atoms with Crippen LogP contribution in [0.1, 0.15) is 59.5 Å². The third-order valence-corrected chi connectivity index (χ3v) is 6.08. The van der Waals surface area contributed by atoms with E-state index in [0.29, 0.717) is 18.6 Å². The first-order valence-corrected chi connectivity index (χ1v) is 11.6. The molecule has 8 nitrogen and oxygen atoms in total. The molecule has 0 bridgehead atoms. The maximum absolute atomic E-state index is 12.4. The van der Waals surface area contributed by atoms with Crippen LogP contribution in [-0.2, 0) is 16.1 Å². The van der Waals surface area contributed by atoms with Crippen LogP contribution in [0.5, 0.6) is 0 Å². The van der Waals surface area contributed by atoms with E-state index in [1.807, 2.05) is 31.2 Å². The average molecular weight is 477 g/mol. The Balaban J connectivity index is 1.17. The third-order valence-electron chi connectivity index (χ3n) is 6.08. The molecule has 2 amide bonds. The minimum absolute atomic E-state index is 0.00731. The highest BCUT2D eigenvalue weighted by Gasteiger charge is 2.29. The molecule has 4 rings (SSSR count). The minimum Gasteiger partial charge on any atom is -0.475 e. The van der Waals surface area contributed by atoms with E-state index >= 15 is 0 Å². The number of carboxylic acids is 1. The smallest absolute Gasteiger partial charge is 0.407 e. The van der Waals surface area contributed by atoms with Gasteiger partial charge in [0.05, 0.1) is 6.54 Å². The standard InChI is InChI=1S/C27H28N2O6/c1-17(7-6-12-25(30)28-15-18-13-14-24(35-18)26(31)32)29-27(33)34-16-23-21-10-4-2-8-19(21)20-9-3-5-11-22(20)23/h2-5,8-11,13-14,17,23H,6-7,12,15-16H2,1H3,(H,28,30)(H,29,33)(H,31,32). The summed E-state index contributed by atoms with van der Waals surface area (Å²) in [7, 11) is 0. The Bertz CT molecular complexity index is 1170. The molecule has 0 fully saturated rings. The molecule has 182 valence electrons. The zero-order valence-corrected chi connectivity index (χ0v) is 19.5. The molecule has 8 heteroatoms. The summed E-state index contributed by atoms with van der Waals surface area (Å²) in [5, 5.41) is 14.4. The number of amides is 2. The van der Waals surface area contributed by atoms with E-state index in [0.717, 1.165) is 11.1 Å². The van der Waals surface area contributed by atoms with Crippen molar-refractivity contribution in [1.29, 1.82) is 0 Å². The lowest BCUT2D eigenvalue weighted by atomic mass is 9.98. The Morgan fingerprint density at radius 2 is 1.66 bits per heavy atom. The second-order valence-electron chi connectivity index (χ2n) is 8.61. The van der Waals surface area contributed by atoms with Gasteiger partial charge in [-0.15, -0.1) is 0 Å².